The Bertz CT molecular complexity index is 501. The molecule has 0 atom stereocenters. The lowest BCUT2D eigenvalue weighted by Crippen LogP contribution is -1.85. The van der Waals surface area contributed by atoms with Crippen molar-refractivity contribution in [2.75, 3.05) is 0 Å². The average molecular weight is 181 g/mol. The van der Waals surface area contributed by atoms with E-state index in [-0.39, 0.29) is 0 Å². The molecule has 0 spiro atoms. The maximum atomic E-state index is 4.15. The number of aromatic nitrogens is 4. The van der Waals surface area contributed by atoms with Gasteiger partial charge in [-0.1, -0.05) is 0 Å². The van der Waals surface area contributed by atoms with E-state index < -0.39 is 0 Å². The van der Waals surface area contributed by atoms with Crippen LogP contribution in [0, 0.1) is 6.33 Å². The van der Waals surface area contributed by atoms with E-state index in [0.717, 1.165) is 21.8 Å². The second-order valence-corrected chi connectivity index (χ2v) is 2.96. The first-order valence-corrected chi connectivity index (χ1v) is 4.16. The summed E-state index contributed by atoms with van der Waals surface area (Å²) >= 11 is 0. The largest absolute Gasteiger partial charge is 0.244 e. The molecule has 0 aliphatic carbocycles. The Balaban J connectivity index is 2.52. The lowest BCUT2D eigenvalue weighted by Gasteiger charge is -1.97. The molecular weight excluding hydrogens is 176 g/mol. The molecule has 3 rings (SSSR count). The van der Waals surface area contributed by atoms with Crippen LogP contribution in [0.25, 0.3) is 21.8 Å². The third-order valence-corrected chi connectivity index (χ3v) is 2.08. The van der Waals surface area contributed by atoms with Gasteiger partial charge in [-0.2, -0.15) is 0 Å². The highest BCUT2D eigenvalue weighted by Crippen LogP contribution is 2.17. The number of rotatable bonds is 0. The van der Waals surface area contributed by atoms with Crippen LogP contribution in [0.15, 0.2) is 30.9 Å². The van der Waals surface area contributed by atoms with Gasteiger partial charge in [0.2, 0.25) is 0 Å². The third kappa shape index (κ3) is 1.01. The topological polar surface area (TPSA) is 51.6 Å². The number of hydrogen-bond acceptors (Lipinski definition) is 4. The predicted molar refractivity (Wildman–Crippen MR) is 51.5 cm³/mol. The van der Waals surface area contributed by atoms with Crippen molar-refractivity contribution in [1.29, 1.82) is 0 Å². The summed E-state index contributed by atoms with van der Waals surface area (Å²) in [6.45, 7) is 0. The molecule has 3 aromatic rings. The van der Waals surface area contributed by atoms with Gasteiger partial charge in [0, 0.05) is 23.2 Å². The Morgan fingerprint density at radius 1 is 1.00 bits per heavy atom. The summed E-state index contributed by atoms with van der Waals surface area (Å²) in [5, 5.41) is 1.95. The highest BCUT2D eigenvalue weighted by molar-refractivity contribution is 5.93. The van der Waals surface area contributed by atoms with Crippen LogP contribution < -0.4 is 0 Å². The Hall–Kier alpha value is -2.10. The van der Waals surface area contributed by atoms with Crippen LogP contribution in [-0.2, 0) is 0 Å². The molecule has 2 aromatic heterocycles. The molecule has 0 aliphatic heterocycles. The zero-order chi connectivity index (χ0) is 9.38. The molecule has 0 aliphatic rings. The molecule has 4 nitrogen and oxygen atoms in total. The van der Waals surface area contributed by atoms with Crippen molar-refractivity contribution in [3.05, 3.63) is 37.2 Å². The van der Waals surface area contributed by atoms with Gasteiger partial charge >= 0.3 is 0 Å². The highest BCUT2D eigenvalue weighted by atomic mass is 14.8. The quantitative estimate of drug-likeness (QED) is 0.491. The normalized spacial score (nSPS) is 10.9. The summed E-state index contributed by atoms with van der Waals surface area (Å²) in [6.07, 6.45) is 7.58. The van der Waals surface area contributed by atoms with Crippen LogP contribution in [0.1, 0.15) is 0 Å². The molecule has 0 saturated heterocycles. The molecule has 0 saturated carbocycles. The minimum absolute atomic E-state index is 0.863. The minimum Gasteiger partial charge on any atom is -0.244 e. The summed E-state index contributed by atoms with van der Waals surface area (Å²) in [7, 11) is 0. The molecule has 14 heavy (non-hydrogen) atoms. The summed E-state index contributed by atoms with van der Waals surface area (Å²) in [6, 6.07) is 3.88. The maximum absolute atomic E-state index is 4.15. The van der Waals surface area contributed by atoms with Crippen molar-refractivity contribution in [3.8, 4) is 0 Å². The molecule has 0 fully saturated rings. The first kappa shape index (κ1) is 7.32. The molecule has 65 valence electrons. The van der Waals surface area contributed by atoms with Crippen LogP contribution in [-0.4, -0.2) is 19.9 Å². The van der Waals surface area contributed by atoms with E-state index in [2.05, 4.69) is 26.3 Å². The van der Waals surface area contributed by atoms with Gasteiger partial charge in [0.15, 0.2) is 6.33 Å². The summed E-state index contributed by atoms with van der Waals surface area (Å²) in [5.41, 5.74) is 1.77. The first-order valence-electron chi connectivity index (χ1n) is 4.16. The Labute approximate surface area is 79.7 Å². The fourth-order valence-electron chi connectivity index (χ4n) is 1.41. The summed E-state index contributed by atoms with van der Waals surface area (Å²) < 4.78 is 0. The van der Waals surface area contributed by atoms with E-state index >= 15 is 0 Å². The molecular formula is C10H5N4. The second-order valence-electron chi connectivity index (χ2n) is 2.96. The van der Waals surface area contributed by atoms with E-state index in [9.17, 15) is 0 Å². The van der Waals surface area contributed by atoms with Gasteiger partial charge in [-0.3, -0.25) is 0 Å². The van der Waals surface area contributed by atoms with Gasteiger partial charge in [0.25, 0.3) is 0 Å². The van der Waals surface area contributed by atoms with Crippen LogP contribution in [0.2, 0.25) is 0 Å². The zero-order valence-electron chi connectivity index (χ0n) is 7.18. The highest BCUT2D eigenvalue weighted by Gasteiger charge is 1.98. The number of hydrogen-bond donors (Lipinski definition) is 0. The van der Waals surface area contributed by atoms with Gasteiger partial charge in [0.05, 0.1) is 11.0 Å². The van der Waals surface area contributed by atoms with Crippen LogP contribution >= 0.6 is 0 Å². The number of fused-ring (bicyclic) bond motifs is 2. The third-order valence-electron chi connectivity index (χ3n) is 2.08. The predicted octanol–water partition coefficient (Wildman–Crippen LogP) is 1.37. The molecule has 0 N–H and O–H groups in total. The fourth-order valence-corrected chi connectivity index (χ4v) is 1.41. The number of benzene rings is 1. The van der Waals surface area contributed by atoms with Crippen LogP contribution in [0.4, 0.5) is 0 Å². The van der Waals surface area contributed by atoms with Gasteiger partial charge in [-0.15, -0.1) is 0 Å². The molecule has 1 aromatic carbocycles. The van der Waals surface area contributed by atoms with E-state index in [4.69, 9.17) is 0 Å². The van der Waals surface area contributed by atoms with Crippen LogP contribution in [0.3, 0.4) is 0 Å². The Morgan fingerprint density at radius 3 is 2.86 bits per heavy atom. The monoisotopic (exact) mass is 181 g/mol. The SMILES string of the molecule is [c]1ncc2cc3ncncc3cc2n1. The summed E-state index contributed by atoms with van der Waals surface area (Å²) in [5.74, 6) is 0. The van der Waals surface area contributed by atoms with Crippen molar-refractivity contribution in [1.82, 2.24) is 19.9 Å². The van der Waals surface area contributed by atoms with Crippen molar-refractivity contribution in [2.45, 2.75) is 0 Å². The lowest BCUT2D eigenvalue weighted by molar-refractivity contribution is 1.19. The standard InChI is InChI=1S/C10H5N4/c1-7-3-11-6-14-10(7)2-8-4-12-5-13-9(1)8/h1-5H. The van der Waals surface area contributed by atoms with E-state index in [1.54, 1.807) is 12.4 Å². The molecule has 0 amide bonds. The van der Waals surface area contributed by atoms with Crippen molar-refractivity contribution >= 4 is 21.8 Å². The smallest absolute Gasteiger partial charge is 0.198 e. The number of nitrogens with zero attached hydrogens (tertiary/aromatic N) is 4. The van der Waals surface area contributed by atoms with Gasteiger partial charge in [0.1, 0.15) is 6.33 Å². The average Bonchev–Trinajstić information content (AvgIpc) is 2.26. The first-order chi connectivity index (χ1) is 6.93. The fraction of sp³-hybridized carbons (Fsp3) is 0. The van der Waals surface area contributed by atoms with Gasteiger partial charge in [-0.25, -0.2) is 19.9 Å². The van der Waals surface area contributed by atoms with Crippen molar-refractivity contribution < 1.29 is 0 Å². The maximum Gasteiger partial charge on any atom is 0.198 e. The Kier molecular flexibility index (Phi) is 1.41. The van der Waals surface area contributed by atoms with Crippen LogP contribution in [0.5, 0.6) is 0 Å². The van der Waals surface area contributed by atoms with Gasteiger partial charge < -0.3 is 0 Å². The Morgan fingerprint density at radius 2 is 1.86 bits per heavy atom. The van der Waals surface area contributed by atoms with E-state index in [1.165, 1.54) is 6.33 Å². The molecule has 0 unspecified atom stereocenters. The molecule has 2 heterocycles. The van der Waals surface area contributed by atoms with Crippen molar-refractivity contribution in [2.24, 2.45) is 0 Å². The zero-order valence-corrected chi connectivity index (χ0v) is 7.18. The molecule has 1 radical (unpaired) electrons. The second kappa shape index (κ2) is 2.70. The lowest BCUT2D eigenvalue weighted by atomic mass is 10.2. The van der Waals surface area contributed by atoms with E-state index in [1.807, 2.05) is 12.1 Å². The van der Waals surface area contributed by atoms with Crippen molar-refractivity contribution in [3.63, 3.8) is 0 Å². The minimum atomic E-state index is 0.863. The summed E-state index contributed by atoms with van der Waals surface area (Å²) in [4.78, 5) is 16.0. The molecule has 4 heteroatoms. The van der Waals surface area contributed by atoms with E-state index in [0.29, 0.717) is 0 Å². The van der Waals surface area contributed by atoms with Gasteiger partial charge in [-0.05, 0) is 12.1 Å². The molecule has 0 bridgehead atoms.